The van der Waals surface area contributed by atoms with Crippen LogP contribution in [0.25, 0.3) is 0 Å². The summed E-state index contributed by atoms with van der Waals surface area (Å²) in [6, 6.07) is 7.91. The molecule has 2 rings (SSSR count). The van der Waals surface area contributed by atoms with Gasteiger partial charge < -0.3 is 15.0 Å². The van der Waals surface area contributed by atoms with E-state index in [1.54, 1.807) is 11.3 Å². The molecule has 1 N–H and O–H groups in total. The first-order valence-corrected chi connectivity index (χ1v) is 8.27. The Morgan fingerprint density at radius 2 is 2.22 bits per heavy atom. The summed E-state index contributed by atoms with van der Waals surface area (Å²) in [6.45, 7) is 0.308. The highest BCUT2D eigenvalue weighted by atomic mass is 35.5. The standard InChI is InChI=1S/C16H18ClFN2O2S/c1-20(2)13(15-4-3-7-23-15)9-19-16(21)10-22-14-6-5-11(18)8-12(14)17/h3-8,13H,9-10H2,1-2H3,(H,19,21). The van der Waals surface area contributed by atoms with Crippen LogP contribution in [0.3, 0.4) is 0 Å². The molecule has 0 aliphatic rings. The normalized spacial score (nSPS) is 12.2. The van der Waals surface area contributed by atoms with E-state index in [0.717, 1.165) is 6.07 Å². The fraction of sp³-hybridized carbons (Fsp3) is 0.312. The maximum absolute atomic E-state index is 12.9. The van der Waals surface area contributed by atoms with Gasteiger partial charge >= 0.3 is 0 Å². The van der Waals surface area contributed by atoms with Gasteiger partial charge in [0, 0.05) is 11.4 Å². The maximum Gasteiger partial charge on any atom is 0.258 e. The lowest BCUT2D eigenvalue weighted by molar-refractivity contribution is -0.123. The van der Waals surface area contributed by atoms with Crippen LogP contribution in [-0.2, 0) is 4.79 Å². The van der Waals surface area contributed by atoms with E-state index in [9.17, 15) is 9.18 Å². The SMILES string of the molecule is CN(C)C(CNC(=O)COc1ccc(F)cc1Cl)c1cccs1. The van der Waals surface area contributed by atoms with Crippen molar-refractivity contribution >= 4 is 28.8 Å². The smallest absolute Gasteiger partial charge is 0.258 e. The molecular weight excluding hydrogens is 339 g/mol. The van der Waals surface area contributed by atoms with Crippen molar-refractivity contribution in [3.05, 3.63) is 51.4 Å². The fourth-order valence-electron chi connectivity index (χ4n) is 2.02. The van der Waals surface area contributed by atoms with Crippen molar-refractivity contribution in [2.24, 2.45) is 0 Å². The van der Waals surface area contributed by atoms with Gasteiger partial charge in [-0.2, -0.15) is 0 Å². The average Bonchev–Trinajstić information content (AvgIpc) is 3.00. The predicted molar refractivity (Wildman–Crippen MR) is 90.7 cm³/mol. The van der Waals surface area contributed by atoms with Crippen LogP contribution in [0.1, 0.15) is 10.9 Å². The highest BCUT2D eigenvalue weighted by Gasteiger charge is 2.16. The molecule has 0 aliphatic carbocycles. The molecule has 0 aliphatic heterocycles. The van der Waals surface area contributed by atoms with Crippen molar-refractivity contribution < 1.29 is 13.9 Å². The lowest BCUT2D eigenvalue weighted by Gasteiger charge is -2.23. The molecule has 1 aromatic heterocycles. The Kier molecular flexibility index (Phi) is 6.38. The molecule has 0 fully saturated rings. The molecule has 1 aromatic carbocycles. The van der Waals surface area contributed by atoms with Gasteiger partial charge in [0.2, 0.25) is 0 Å². The maximum atomic E-state index is 12.9. The first-order chi connectivity index (χ1) is 11.0. The number of benzene rings is 1. The molecule has 0 saturated carbocycles. The van der Waals surface area contributed by atoms with Gasteiger partial charge in [0.05, 0.1) is 11.1 Å². The molecule has 7 heteroatoms. The third-order valence-corrected chi connectivity index (χ3v) is 4.51. The van der Waals surface area contributed by atoms with E-state index in [1.165, 1.54) is 17.0 Å². The van der Waals surface area contributed by atoms with Crippen molar-refractivity contribution in [2.75, 3.05) is 27.2 Å². The zero-order valence-electron chi connectivity index (χ0n) is 12.9. The van der Waals surface area contributed by atoms with E-state index >= 15 is 0 Å². The van der Waals surface area contributed by atoms with E-state index in [0.29, 0.717) is 6.54 Å². The van der Waals surface area contributed by atoms with Gasteiger partial charge in [-0.25, -0.2) is 4.39 Å². The number of carbonyl (C=O) groups excluding carboxylic acids is 1. The Hall–Kier alpha value is -1.63. The summed E-state index contributed by atoms with van der Waals surface area (Å²) in [5.74, 6) is -0.420. The molecule has 0 spiro atoms. The van der Waals surface area contributed by atoms with Crippen LogP contribution in [0.4, 0.5) is 4.39 Å². The summed E-state index contributed by atoms with van der Waals surface area (Å²) < 4.78 is 18.3. The second kappa shape index (κ2) is 8.29. The monoisotopic (exact) mass is 356 g/mol. The van der Waals surface area contributed by atoms with Crippen molar-refractivity contribution in [3.63, 3.8) is 0 Å². The van der Waals surface area contributed by atoms with Crippen LogP contribution in [-0.4, -0.2) is 38.1 Å². The molecular formula is C16H18ClFN2O2S. The van der Waals surface area contributed by atoms with Gasteiger partial charge in [0.15, 0.2) is 6.61 Å². The molecule has 0 saturated heterocycles. The predicted octanol–water partition coefficient (Wildman–Crippen LogP) is 3.34. The highest BCUT2D eigenvalue weighted by Crippen LogP contribution is 2.25. The number of hydrogen-bond acceptors (Lipinski definition) is 4. The minimum absolute atomic E-state index is 0.105. The zero-order valence-corrected chi connectivity index (χ0v) is 14.5. The Balaban J connectivity index is 1.84. The number of amides is 1. The second-order valence-electron chi connectivity index (χ2n) is 5.16. The number of thiophene rings is 1. The van der Waals surface area contributed by atoms with E-state index in [-0.39, 0.29) is 29.3 Å². The summed E-state index contributed by atoms with van der Waals surface area (Å²) in [4.78, 5) is 15.1. The lowest BCUT2D eigenvalue weighted by Crippen LogP contribution is -2.36. The topological polar surface area (TPSA) is 41.6 Å². The minimum atomic E-state index is -0.448. The summed E-state index contributed by atoms with van der Waals surface area (Å²) in [5.41, 5.74) is 0. The van der Waals surface area contributed by atoms with E-state index in [1.807, 2.05) is 36.5 Å². The molecule has 1 unspecified atom stereocenters. The van der Waals surface area contributed by atoms with Crippen LogP contribution < -0.4 is 10.1 Å². The third-order valence-electron chi connectivity index (χ3n) is 3.24. The van der Waals surface area contributed by atoms with E-state index < -0.39 is 5.82 Å². The van der Waals surface area contributed by atoms with E-state index in [4.69, 9.17) is 16.3 Å². The highest BCUT2D eigenvalue weighted by molar-refractivity contribution is 7.10. The second-order valence-corrected chi connectivity index (χ2v) is 6.55. The molecule has 0 bridgehead atoms. The summed E-state index contributed by atoms with van der Waals surface area (Å²) in [5, 5.41) is 4.99. The first-order valence-electron chi connectivity index (χ1n) is 7.01. The van der Waals surface area contributed by atoms with Crippen molar-refractivity contribution in [2.45, 2.75) is 6.04 Å². The molecule has 23 heavy (non-hydrogen) atoms. The number of carbonyl (C=O) groups is 1. The van der Waals surface area contributed by atoms with Crippen molar-refractivity contribution in [3.8, 4) is 5.75 Å². The summed E-state index contributed by atoms with van der Waals surface area (Å²) >= 11 is 7.49. The Labute approximate surface area is 143 Å². The molecule has 1 heterocycles. The lowest BCUT2D eigenvalue weighted by atomic mass is 10.2. The summed E-state index contributed by atoms with van der Waals surface area (Å²) in [6.07, 6.45) is 0. The van der Waals surface area contributed by atoms with Crippen LogP contribution in [0, 0.1) is 5.82 Å². The average molecular weight is 357 g/mol. The van der Waals surface area contributed by atoms with Gasteiger partial charge in [0.1, 0.15) is 11.6 Å². The number of likely N-dealkylation sites (N-methyl/N-ethyl adjacent to an activating group) is 1. The Morgan fingerprint density at radius 1 is 1.43 bits per heavy atom. The molecule has 124 valence electrons. The summed E-state index contributed by atoms with van der Waals surface area (Å²) in [7, 11) is 3.93. The van der Waals surface area contributed by atoms with E-state index in [2.05, 4.69) is 5.32 Å². The number of nitrogens with one attached hydrogen (secondary N) is 1. The van der Waals surface area contributed by atoms with Crippen LogP contribution >= 0.6 is 22.9 Å². The Bertz CT molecular complexity index is 650. The minimum Gasteiger partial charge on any atom is -0.482 e. The molecule has 0 radical (unpaired) electrons. The van der Waals surface area contributed by atoms with Crippen LogP contribution in [0.5, 0.6) is 5.75 Å². The van der Waals surface area contributed by atoms with Gasteiger partial charge in [0.25, 0.3) is 5.91 Å². The molecule has 1 amide bonds. The first kappa shape index (κ1) is 17.7. The van der Waals surface area contributed by atoms with Gasteiger partial charge in [-0.15, -0.1) is 11.3 Å². The van der Waals surface area contributed by atoms with Crippen molar-refractivity contribution in [1.29, 1.82) is 0 Å². The number of halogens is 2. The Morgan fingerprint density at radius 3 is 2.83 bits per heavy atom. The van der Waals surface area contributed by atoms with Crippen LogP contribution in [0.2, 0.25) is 5.02 Å². The fourth-order valence-corrected chi connectivity index (χ4v) is 3.16. The van der Waals surface area contributed by atoms with Gasteiger partial charge in [-0.1, -0.05) is 17.7 Å². The molecule has 4 nitrogen and oxygen atoms in total. The number of rotatable bonds is 7. The van der Waals surface area contributed by atoms with Crippen molar-refractivity contribution in [1.82, 2.24) is 10.2 Å². The van der Waals surface area contributed by atoms with Crippen LogP contribution in [0.15, 0.2) is 35.7 Å². The third kappa shape index (κ3) is 5.20. The quantitative estimate of drug-likeness (QED) is 0.827. The number of ether oxygens (including phenoxy) is 1. The largest absolute Gasteiger partial charge is 0.482 e. The number of nitrogens with zero attached hydrogens (tertiary/aromatic N) is 1. The zero-order chi connectivity index (χ0) is 16.8. The molecule has 1 atom stereocenters. The molecule has 2 aromatic rings. The van der Waals surface area contributed by atoms with Gasteiger partial charge in [-0.05, 0) is 43.7 Å². The van der Waals surface area contributed by atoms with Gasteiger partial charge in [-0.3, -0.25) is 4.79 Å². The number of hydrogen-bond donors (Lipinski definition) is 1.